The van der Waals surface area contributed by atoms with Crippen molar-refractivity contribution in [3.05, 3.63) is 24.3 Å². The van der Waals surface area contributed by atoms with Gasteiger partial charge in [-0.2, -0.15) is 0 Å². The molecule has 1 aromatic carbocycles. The number of rotatable bonds is 5. The number of hydrogen-bond acceptors (Lipinski definition) is 4. The largest absolute Gasteiger partial charge is 0.326 e. The maximum absolute atomic E-state index is 12.3. The molecule has 2 aliphatic heterocycles. The summed E-state index contributed by atoms with van der Waals surface area (Å²) in [5.74, 6) is 0.201. The number of piperidine rings is 1. The smallest absolute Gasteiger partial charge is 0.238 e. The lowest BCUT2D eigenvalue weighted by Gasteiger charge is -2.21. The van der Waals surface area contributed by atoms with Crippen LogP contribution in [0.3, 0.4) is 0 Å². The summed E-state index contributed by atoms with van der Waals surface area (Å²) in [6.07, 6.45) is 6.66. The second-order valence-corrected chi connectivity index (χ2v) is 7.33. The quantitative estimate of drug-likeness (QED) is 0.718. The first kappa shape index (κ1) is 21.7. The SMILES string of the molecule is Cl.O=C(CN1CCCCCC1)Nc1ccc(NC(=O)C2CCNCC2)cc1. The highest BCUT2D eigenvalue weighted by Crippen LogP contribution is 2.18. The van der Waals surface area contributed by atoms with Gasteiger partial charge in [0.05, 0.1) is 6.54 Å². The van der Waals surface area contributed by atoms with Gasteiger partial charge in [-0.25, -0.2) is 0 Å². The van der Waals surface area contributed by atoms with Crippen molar-refractivity contribution >= 4 is 35.6 Å². The summed E-state index contributed by atoms with van der Waals surface area (Å²) in [6, 6.07) is 7.39. The van der Waals surface area contributed by atoms with Crippen molar-refractivity contribution in [1.29, 1.82) is 0 Å². The Labute approximate surface area is 167 Å². The maximum atomic E-state index is 12.3. The fourth-order valence-corrected chi connectivity index (χ4v) is 3.66. The lowest BCUT2D eigenvalue weighted by atomic mass is 9.97. The molecule has 2 heterocycles. The monoisotopic (exact) mass is 394 g/mol. The maximum Gasteiger partial charge on any atom is 0.238 e. The Balaban J connectivity index is 0.00000261. The number of likely N-dealkylation sites (tertiary alicyclic amines) is 1. The number of carbonyl (C=O) groups excluding carboxylic acids is 2. The zero-order chi connectivity index (χ0) is 18.2. The normalized spacial score (nSPS) is 18.8. The molecule has 0 spiro atoms. The van der Waals surface area contributed by atoms with Crippen LogP contribution >= 0.6 is 12.4 Å². The van der Waals surface area contributed by atoms with E-state index in [4.69, 9.17) is 0 Å². The number of anilines is 2. The minimum atomic E-state index is 0. The summed E-state index contributed by atoms with van der Waals surface area (Å²) in [5.41, 5.74) is 1.55. The van der Waals surface area contributed by atoms with Gasteiger partial charge in [-0.05, 0) is 76.1 Å². The van der Waals surface area contributed by atoms with Crippen LogP contribution < -0.4 is 16.0 Å². The van der Waals surface area contributed by atoms with E-state index < -0.39 is 0 Å². The molecular weight excluding hydrogens is 364 g/mol. The van der Waals surface area contributed by atoms with E-state index in [2.05, 4.69) is 20.9 Å². The Morgan fingerprint density at radius 1 is 0.926 bits per heavy atom. The molecule has 27 heavy (non-hydrogen) atoms. The zero-order valence-corrected chi connectivity index (χ0v) is 16.7. The minimum Gasteiger partial charge on any atom is -0.326 e. The number of nitrogens with zero attached hydrogens (tertiary/aromatic N) is 1. The molecule has 2 fully saturated rings. The van der Waals surface area contributed by atoms with Crippen molar-refractivity contribution in [1.82, 2.24) is 10.2 Å². The standard InChI is InChI=1S/C20H30N4O2.ClH/c25-19(15-24-13-3-1-2-4-14-24)22-17-5-7-18(8-6-17)23-20(26)16-9-11-21-12-10-16;/h5-8,16,21H,1-4,9-15H2,(H,22,25)(H,23,26);1H. The van der Waals surface area contributed by atoms with E-state index >= 15 is 0 Å². The van der Waals surface area contributed by atoms with E-state index in [0.29, 0.717) is 6.54 Å². The fraction of sp³-hybridized carbons (Fsp3) is 0.600. The van der Waals surface area contributed by atoms with E-state index in [9.17, 15) is 9.59 Å². The lowest BCUT2D eigenvalue weighted by molar-refractivity contribution is -0.120. The van der Waals surface area contributed by atoms with E-state index in [1.165, 1.54) is 25.7 Å². The summed E-state index contributed by atoms with van der Waals surface area (Å²) in [4.78, 5) is 26.7. The molecule has 3 N–H and O–H groups in total. The molecule has 1 aromatic rings. The molecular formula is C20H31ClN4O2. The van der Waals surface area contributed by atoms with Gasteiger partial charge in [0.2, 0.25) is 11.8 Å². The molecule has 2 aliphatic rings. The van der Waals surface area contributed by atoms with Crippen LogP contribution in [0.15, 0.2) is 24.3 Å². The Hall–Kier alpha value is -1.63. The summed E-state index contributed by atoms with van der Waals surface area (Å²) >= 11 is 0. The summed E-state index contributed by atoms with van der Waals surface area (Å²) in [6.45, 7) is 4.28. The first-order valence-corrected chi connectivity index (χ1v) is 9.84. The number of benzene rings is 1. The molecule has 150 valence electrons. The van der Waals surface area contributed by atoms with Crippen molar-refractivity contribution in [2.75, 3.05) is 43.4 Å². The second kappa shape index (κ2) is 11.3. The summed E-state index contributed by atoms with van der Waals surface area (Å²) in [5, 5.41) is 9.20. The Morgan fingerprint density at radius 3 is 2.07 bits per heavy atom. The number of amides is 2. The van der Waals surface area contributed by atoms with Crippen LogP contribution in [-0.2, 0) is 9.59 Å². The third kappa shape index (κ3) is 7.13. The van der Waals surface area contributed by atoms with Gasteiger partial charge in [0.1, 0.15) is 0 Å². The molecule has 0 aromatic heterocycles. The first-order chi connectivity index (χ1) is 12.7. The van der Waals surface area contributed by atoms with E-state index in [1.54, 1.807) is 0 Å². The topological polar surface area (TPSA) is 73.5 Å². The highest BCUT2D eigenvalue weighted by atomic mass is 35.5. The highest BCUT2D eigenvalue weighted by Gasteiger charge is 2.20. The summed E-state index contributed by atoms with van der Waals surface area (Å²) in [7, 11) is 0. The van der Waals surface area contributed by atoms with Crippen LogP contribution in [0.2, 0.25) is 0 Å². The number of nitrogens with one attached hydrogen (secondary N) is 3. The van der Waals surface area contributed by atoms with Crippen molar-refractivity contribution < 1.29 is 9.59 Å². The van der Waals surface area contributed by atoms with Crippen LogP contribution in [0.4, 0.5) is 11.4 Å². The van der Waals surface area contributed by atoms with Crippen LogP contribution in [0, 0.1) is 5.92 Å². The second-order valence-electron chi connectivity index (χ2n) is 7.33. The van der Waals surface area contributed by atoms with Crippen LogP contribution in [0.5, 0.6) is 0 Å². The predicted molar refractivity (Wildman–Crippen MR) is 111 cm³/mol. The fourth-order valence-electron chi connectivity index (χ4n) is 3.66. The molecule has 0 unspecified atom stereocenters. The highest BCUT2D eigenvalue weighted by molar-refractivity contribution is 5.94. The third-order valence-electron chi connectivity index (χ3n) is 5.21. The molecule has 0 saturated carbocycles. The molecule has 0 radical (unpaired) electrons. The van der Waals surface area contributed by atoms with Crippen LogP contribution in [-0.4, -0.2) is 49.4 Å². The molecule has 0 bridgehead atoms. The van der Waals surface area contributed by atoms with Crippen LogP contribution in [0.1, 0.15) is 38.5 Å². The molecule has 0 atom stereocenters. The molecule has 2 saturated heterocycles. The Kier molecular flexibility index (Phi) is 9.04. The molecule has 0 aliphatic carbocycles. The predicted octanol–water partition coefficient (Wildman–Crippen LogP) is 2.86. The third-order valence-corrected chi connectivity index (χ3v) is 5.21. The van der Waals surface area contributed by atoms with Gasteiger partial charge in [-0.1, -0.05) is 12.8 Å². The minimum absolute atomic E-state index is 0. The lowest BCUT2D eigenvalue weighted by Crippen LogP contribution is -2.34. The number of hydrogen-bond donors (Lipinski definition) is 3. The average molecular weight is 395 g/mol. The van der Waals surface area contributed by atoms with E-state index in [1.807, 2.05) is 24.3 Å². The molecule has 6 nitrogen and oxygen atoms in total. The van der Waals surface area contributed by atoms with Gasteiger partial charge in [-0.15, -0.1) is 12.4 Å². The average Bonchev–Trinajstić information content (AvgIpc) is 2.92. The van der Waals surface area contributed by atoms with Gasteiger partial charge in [-0.3, -0.25) is 14.5 Å². The molecule has 3 rings (SSSR count). The first-order valence-electron chi connectivity index (χ1n) is 9.84. The van der Waals surface area contributed by atoms with Gasteiger partial charge in [0.15, 0.2) is 0 Å². The van der Waals surface area contributed by atoms with Crippen LogP contribution in [0.25, 0.3) is 0 Å². The molecule has 2 amide bonds. The van der Waals surface area contributed by atoms with Gasteiger partial charge in [0, 0.05) is 17.3 Å². The van der Waals surface area contributed by atoms with E-state index in [0.717, 1.165) is 50.4 Å². The van der Waals surface area contributed by atoms with Crippen molar-refractivity contribution in [3.8, 4) is 0 Å². The van der Waals surface area contributed by atoms with E-state index in [-0.39, 0.29) is 30.1 Å². The Morgan fingerprint density at radius 2 is 1.48 bits per heavy atom. The molecule has 7 heteroatoms. The van der Waals surface area contributed by atoms with Crippen molar-refractivity contribution in [2.24, 2.45) is 5.92 Å². The van der Waals surface area contributed by atoms with Gasteiger partial charge < -0.3 is 16.0 Å². The summed E-state index contributed by atoms with van der Waals surface area (Å²) < 4.78 is 0. The van der Waals surface area contributed by atoms with Crippen molar-refractivity contribution in [3.63, 3.8) is 0 Å². The van der Waals surface area contributed by atoms with Crippen molar-refractivity contribution in [2.45, 2.75) is 38.5 Å². The number of halogens is 1. The van der Waals surface area contributed by atoms with Gasteiger partial charge in [0.25, 0.3) is 0 Å². The zero-order valence-electron chi connectivity index (χ0n) is 15.8. The van der Waals surface area contributed by atoms with Gasteiger partial charge >= 0.3 is 0 Å². The Bertz CT molecular complexity index is 595. The number of carbonyl (C=O) groups is 2.